The molecule has 0 atom stereocenters. The van der Waals surface area contributed by atoms with Crippen LogP contribution in [0.1, 0.15) is 18.4 Å². The first-order valence-corrected chi connectivity index (χ1v) is 6.15. The van der Waals surface area contributed by atoms with Crippen LogP contribution in [0.3, 0.4) is 0 Å². The molecule has 5 nitrogen and oxygen atoms in total. The van der Waals surface area contributed by atoms with Gasteiger partial charge in [-0.3, -0.25) is 0 Å². The molecule has 0 amide bonds. The molecule has 0 unspecified atom stereocenters. The topological polar surface area (TPSA) is 65.1 Å². The summed E-state index contributed by atoms with van der Waals surface area (Å²) in [6.45, 7) is 9.95. The summed E-state index contributed by atoms with van der Waals surface area (Å²) in [5.41, 5.74) is 0.954. The quantitative estimate of drug-likeness (QED) is 0.798. The smallest absolute Gasteiger partial charge is 0.335 e. The molecule has 1 fully saturated rings. The fraction of sp³-hybridized carbons (Fsp3) is 0.429. The highest BCUT2D eigenvalue weighted by molar-refractivity contribution is 5.77. The monoisotopic (exact) mass is 260 g/mol. The van der Waals surface area contributed by atoms with Crippen molar-refractivity contribution in [3.8, 4) is 0 Å². The number of carboxylic acids is 1. The van der Waals surface area contributed by atoms with Crippen molar-refractivity contribution in [2.45, 2.75) is 25.4 Å². The van der Waals surface area contributed by atoms with Crippen LogP contribution in [0, 0.1) is 13.5 Å². The molecule has 100 valence electrons. The number of aliphatic hydroxyl groups is 1. The lowest BCUT2D eigenvalue weighted by molar-refractivity contribution is -0.160. The summed E-state index contributed by atoms with van der Waals surface area (Å²) >= 11 is 0. The van der Waals surface area contributed by atoms with E-state index in [4.69, 9.17) is 11.7 Å². The predicted octanol–water partition coefficient (Wildman–Crippen LogP) is 1.96. The third-order valence-electron chi connectivity index (χ3n) is 3.65. The van der Waals surface area contributed by atoms with Gasteiger partial charge in [-0.25, -0.2) is 9.64 Å². The molecular formula is C14H16N2O3. The number of carboxylic acid groups (broad SMARTS) is 1. The second-order valence-corrected chi connectivity index (χ2v) is 4.91. The minimum atomic E-state index is -1.61. The molecule has 0 aliphatic carbocycles. The number of rotatable bonds is 2. The molecule has 0 aromatic heterocycles. The molecule has 0 spiro atoms. The van der Waals surface area contributed by atoms with Crippen LogP contribution in [0.5, 0.6) is 0 Å². The summed E-state index contributed by atoms with van der Waals surface area (Å²) in [6.07, 6.45) is 0.397. The van der Waals surface area contributed by atoms with Crippen molar-refractivity contribution in [3.63, 3.8) is 0 Å². The maximum atomic E-state index is 11.0. The summed E-state index contributed by atoms with van der Waals surface area (Å²) in [7, 11) is 0. The molecule has 19 heavy (non-hydrogen) atoms. The molecule has 2 N–H and O–H groups in total. The van der Waals surface area contributed by atoms with E-state index in [1.807, 2.05) is 24.0 Å². The Hall–Kier alpha value is -2.06. The van der Waals surface area contributed by atoms with Gasteiger partial charge in [0, 0.05) is 31.6 Å². The van der Waals surface area contributed by atoms with Crippen molar-refractivity contribution in [1.29, 1.82) is 0 Å². The largest absolute Gasteiger partial charge is 0.479 e. The van der Waals surface area contributed by atoms with Crippen LogP contribution < -0.4 is 4.90 Å². The normalized spacial score (nSPS) is 17.8. The lowest BCUT2D eigenvalue weighted by atomic mass is 9.91. The number of benzene rings is 1. The summed E-state index contributed by atoms with van der Waals surface area (Å²) < 4.78 is 0. The number of piperidine rings is 1. The minimum absolute atomic E-state index is 0.198. The Labute approximate surface area is 111 Å². The summed E-state index contributed by atoms with van der Waals surface area (Å²) in [4.78, 5) is 16.4. The summed E-state index contributed by atoms with van der Waals surface area (Å²) in [5, 5.41) is 18.9. The fourth-order valence-corrected chi connectivity index (χ4v) is 2.34. The van der Waals surface area contributed by atoms with Crippen molar-refractivity contribution in [2.75, 3.05) is 18.0 Å². The van der Waals surface area contributed by atoms with E-state index in [0.29, 0.717) is 18.8 Å². The van der Waals surface area contributed by atoms with Gasteiger partial charge in [-0.15, -0.1) is 0 Å². The third-order valence-corrected chi connectivity index (χ3v) is 3.65. The van der Waals surface area contributed by atoms with Crippen molar-refractivity contribution in [3.05, 3.63) is 35.2 Å². The lowest BCUT2D eigenvalue weighted by Crippen LogP contribution is -2.49. The van der Waals surface area contributed by atoms with E-state index < -0.39 is 11.6 Å². The van der Waals surface area contributed by atoms with Crippen LogP contribution in [-0.2, 0) is 4.79 Å². The van der Waals surface area contributed by atoms with E-state index in [2.05, 4.69) is 4.85 Å². The van der Waals surface area contributed by atoms with E-state index in [1.165, 1.54) is 0 Å². The lowest BCUT2D eigenvalue weighted by Gasteiger charge is -2.37. The molecule has 1 saturated heterocycles. The van der Waals surface area contributed by atoms with Gasteiger partial charge >= 0.3 is 5.97 Å². The SMILES string of the molecule is [C-]#[N+]c1ccc(C)c(N2CCC(O)(C(=O)O)CC2)c1. The van der Waals surface area contributed by atoms with Gasteiger partial charge in [0.1, 0.15) is 0 Å². The van der Waals surface area contributed by atoms with Crippen LogP contribution in [0.2, 0.25) is 0 Å². The highest BCUT2D eigenvalue weighted by atomic mass is 16.4. The first-order valence-electron chi connectivity index (χ1n) is 6.15. The zero-order valence-corrected chi connectivity index (χ0v) is 10.8. The Balaban J connectivity index is 2.18. The number of carbonyl (C=O) groups is 1. The minimum Gasteiger partial charge on any atom is -0.479 e. The second-order valence-electron chi connectivity index (χ2n) is 4.91. The van der Waals surface area contributed by atoms with Gasteiger partial charge in [0.25, 0.3) is 0 Å². The number of aliphatic carboxylic acids is 1. The molecule has 0 radical (unpaired) electrons. The molecular weight excluding hydrogens is 244 g/mol. The van der Waals surface area contributed by atoms with Crippen LogP contribution in [0.15, 0.2) is 18.2 Å². The molecule has 2 rings (SSSR count). The van der Waals surface area contributed by atoms with Crippen molar-refractivity contribution in [1.82, 2.24) is 0 Å². The van der Waals surface area contributed by atoms with E-state index in [0.717, 1.165) is 11.3 Å². The first-order chi connectivity index (χ1) is 8.96. The zero-order valence-electron chi connectivity index (χ0n) is 10.8. The fourth-order valence-electron chi connectivity index (χ4n) is 2.34. The zero-order chi connectivity index (χ0) is 14.0. The van der Waals surface area contributed by atoms with Crippen molar-refractivity contribution >= 4 is 17.3 Å². The molecule has 1 heterocycles. The molecule has 0 bridgehead atoms. The molecule has 5 heteroatoms. The molecule has 1 aromatic carbocycles. The Kier molecular flexibility index (Phi) is 3.45. The Bertz CT molecular complexity index is 540. The van der Waals surface area contributed by atoms with Crippen LogP contribution in [-0.4, -0.2) is 34.9 Å². The average Bonchev–Trinajstić information content (AvgIpc) is 2.40. The maximum absolute atomic E-state index is 11.0. The highest BCUT2D eigenvalue weighted by Gasteiger charge is 2.39. The van der Waals surface area contributed by atoms with Gasteiger partial charge < -0.3 is 15.1 Å². The van der Waals surface area contributed by atoms with E-state index in [1.54, 1.807) is 6.07 Å². The van der Waals surface area contributed by atoms with Gasteiger partial charge in [0.2, 0.25) is 0 Å². The van der Waals surface area contributed by atoms with Gasteiger partial charge in [-0.1, -0.05) is 12.1 Å². The van der Waals surface area contributed by atoms with Crippen LogP contribution in [0.4, 0.5) is 11.4 Å². The Morgan fingerprint density at radius 1 is 1.42 bits per heavy atom. The molecule has 1 aliphatic rings. The Morgan fingerprint density at radius 2 is 2.05 bits per heavy atom. The van der Waals surface area contributed by atoms with Gasteiger partial charge in [-0.2, -0.15) is 0 Å². The third kappa shape index (κ3) is 2.54. The van der Waals surface area contributed by atoms with Gasteiger partial charge in [0.15, 0.2) is 11.3 Å². The summed E-state index contributed by atoms with van der Waals surface area (Å²) in [5.74, 6) is -1.15. The van der Waals surface area contributed by atoms with Gasteiger partial charge in [0.05, 0.1) is 6.57 Å². The average molecular weight is 260 g/mol. The van der Waals surface area contributed by atoms with Gasteiger partial charge in [-0.05, 0) is 18.6 Å². The molecule has 0 saturated carbocycles. The molecule has 1 aromatic rings. The standard InChI is InChI=1S/C14H16N2O3/c1-10-3-4-11(15-2)9-12(10)16-7-5-14(19,6-8-16)13(17)18/h3-4,9,19H,5-8H2,1H3,(H,17,18). The number of anilines is 1. The summed E-state index contributed by atoms with van der Waals surface area (Å²) in [6, 6.07) is 5.47. The first kappa shape index (κ1) is 13.4. The van der Waals surface area contributed by atoms with E-state index in [9.17, 15) is 9.90 Å². The maximum Gasteiger partial charge on any atom is 0.335 e. The van der Waals surface area contributed by atoms with Crippen LogP contribution >= 0.6 is 0 Å². The number of aryl methyl sites for hydroxylation is 1. The van der Waals surface area contributed by atoms with E-state index in [-0.39, 0.29) is 12.8 Å². The number of hydrogen-bond acceptors (Lipinski definition) is 3. The van der Waals surface area contributed by atoms with Crippen molar-refractivity contribution < 1.29 is 15.0 Å². The molecule has 1 aliphatic heterocycles. The highest BCUT2D eigenvalue weighted by Crippen LogP contribution is 2.31. The Morgan fingerprint density at radius 3 is 2.58 bits per heavy atom. The number of nitrogens with zero attached hydrogens (tertiary/aromatic N) is 2. The number of hydrogen-bond donors (Lipinski definition) is 2. The van der Waals surface area contributed by atoms with Crippen molar-refractivity contribution in [2.24, 2.45) is 0 Å². The van der Waals surface area contributed by atoms with E-state index >= 15 is 0 Å². The van der Waals surface area contributed by atoms with Crippen LogP contribution in [0.25, 0.3) is 4.85 Å². The second kappa shape index (κ2) is 4.90. The predicted molar refractivity (Wildman–Crippen MR) is 71.5 cm³/mol.